The summed E-state index contributed by atoms with van der Waals surface area (Å²) in [5.41, 5.74) is 2.80. The molecule has 4 atom stereocenters. The van der Waals surface area contributed by atoms with Gasteiger partial charge in [-0.2, -0.15) is 0 Å². The van der Waals surface area contributed by atoms with Crippen molar-refractivity contribution in [3.05, 3.63) is 96.5 Å². The summed E-state index contributed by atoms with van der Waals surface area (Å²) in [6, 6.07) is 21.6. The van der Waals surface area contributed by atoms with Gasteiger partial charge in [0.2, 0.25) is 0 Å². The van der Waals surface area contributed by atoms with Gasteiger partial charge in [-0.3, -0.25) is 0 Å². The minimum atomic E-state index is 0.271. The Bertz CT molecular complexity index is 726. The van der Waals surface area contributed by atoms with E-state index >= 15 is 0 Å². The highest BCUT2D eigenvalue weighted by molar-refractivity contribution is 5.22. The normalized spacial score (nSPS) is 27.3. The first-order chi connectivity index (χ1) is 14.9. The predicted molar refractivity (Wildman–Crippen MR) is 123 cm³/mol. The topological polar surface area (TPSA) is 18.5 Å². The summed E-state index contributed by atoms with van der Waals surface area (Å²) in [6.07, 6.45) is 18.0. The number of rotatable bonds is 7. The first-order valence-corrected chi connectivity index (χ1v) is 11.6. The molecule has 2 aliphatic rings. The van der Waals surface area contributed by atoms with Crippen molar-refractivity contribution in [2.75, 3.05) is 0 Å². The van der Waals surface area contributed by atoms with Crippen LogP contribution in [-0.4, -0.2) is 12.2 Å². The molecule has 2 saturated carbocycles. The van der Waals surface area contributed by atoms with Crippen LogP contribution < -0.4 is 0 Å². The number of benzene rings is 2. The van der Waals surface area contributed by atoms with Crippen molar-refractivity contribution in [2.24, 2.45) is 0 Å². The summed E-state index contributed by atoms with van der Waals surface area (Å²) in [4.78, 5) is 0. The molecule has 0 amide bonds. The van der Waals surface area contributed by atoms with Crippen LogP contribution >= 0.6 is 0 Å². The second-order valence-corrected chi connectivity index (χ2v) is 8.61. The fourth-order valence-corrected chi connectivity index (χ4v) is 5.07. The van der Waals surface area contributed by atoms with Crippen LogP contribution in [0.1, 0.15) is 74.3 Å². The van der Waals surface area contributed by atoms with Crippen molar-refractivity contribution >= 4 is 0 Å². The molecular weight excluding hydrogens is 368 g/mol. The van der Waals surface area contributed by atoms with Crippen molar-refractivity contribution < 1.29 is 9.47 Å². The van der Waals surface area contributed by atoms with E-state index in [0.29, 0.717) is 11.8 Å². The number of hydrogen-bond donors (Lipinski definition) is 0. The summed E-state index contributed by atoms with van der Waals surface area (Å²) in [5.74, 6) is 0.998. The van der Waals surface area contributed by atoms with Gasteiger partial charge in [-0.1, -0.05) is 73.5 Å². The van der Waals surface area contributed by atoms with E-state index < -0.39 is 0 Å². The molecule has 0 saturated heterocycles. The summed E-state index contributed by atoms with van der Waals surface area (Å²) in [7, 11) is 0. The first-order valence-electron chi connectivity index (χ1n) is 11.6. The lowest BCUT2D eigenvalue weighted by atomic mass is 9.81. The van der Waals surface area contributed by atoms with Crippen LogP contribution in [0.5, 0.6) is 0 Å². The quantitative estimate of drug-likeness (QED) is 0.352. The Kier molecular flexibility index (Phi) is 7.66. The number of ether oxygens (including phenoxy) is 2. The van der Waals surface area contributed by atoms with Gasteiger partial charge in [0.05, 0.1) is 12.5 Å². The summed E-state index contributed by atoms with van der Waals surface area (Å²) in [5, 5.41) is 0. The van der Waals surface area contributed by atoms with Crippen molar-refractivity contribution in [1.82, 2.24) is 0 Å². The van der Waals surface area contributed by atoms with Gasteiger partial charge in [-0.05, 0) is 61.8 Å². The first kappa shape index (κ1) is 20.8. The largest absolute Gasteiger partial charge is 0.497 e. The predicted octanol–water partition coefficient (Wildman–Crippen LogP) is 7.50. The molecule has 0 aliphatic heterocycles. The van der Waals surface area contributed by atoms with Crippen molar-refractivity contribution in [3.8, 4) is 0 Å². The summed E-state index contributed by atoms with van der Waals surface area (Å²) >= 11 is 0. The molecule has 158 valence electrons. The van der Waals surface area contributed by atoms with Gasteiger partial charge in [0.15, 0.2) is 0 Å². The van der Waals surface area contributed by atoms with Crippen LogP contribution in [0.25, 0.3) is 0 Å². The number of allylic oxidation sites excluding steroid dienone is 2. The van der Waals surface area contributed by atoms with Crippen LogP contribution in [-0.2, 0) is 9.47 Å². The van der Waals surface area contributed by atoms with Crippen LogP contribution in [0, 0.1) is 0 Å². The summed E-state index contributed by atoms with van der Waals surface area (Å²) < 4.78 is 12.3. The average molecular weight is 403 g/mol. The molecule has 2 heteroatoms. The van der Waals surface area contributed by atoms with Gasteiger partial charge in [0, 0.05) is 11.8 Å². The van der Waals surface area contributed by atoms with E-state index in [2.05, 4.69) is 60.7 Å². The smallest absolute Gasteiger partial charge is 0.105 e. The van der Waals surface area contributed by atoms with E-state index in [0.717, 1.165) is 12.8 Å². The molecule has 0 bridgehead atoms. The molecule has 0 aromatic heterocycles. The Morgan fingerprint density at radius 3 is 1.37 bits per heavy atom. The maximum Gasteiger partial charge on any atom is 0.105 e. The third kappa shape index (κ3) is 5.56. The standard InChI is InChI=1S/C28H34O2/c1-3-13-23(14-4-1)25-17-7-9-19-27(25)29-21-11-12-22-30-28-20-10-8-18-26(28)24-15-5-2-6-16-24/h1-6,11-16,21-22,25-28H,7-10,17-20H2/b21-11+,22-12+/t25-,26-,27+,28+/m0/s1. The third-order valence-corrected chi connectivity index (χ3v) is 6.64. The van der Waals surface area contributed by atoms with E-state index in [-0.39, 0.29) is 12.2 Å². The Balaban J connectivity index is 1.28. The highest BCUT2D eigenvalue weighted by Gasteiger charge is 2.28. The fraction of sp³-hybridized carbons (Fsp3) is 0.429. The second kappa shape index (κ2) is 11.1. The SMILES string of the molecule is C(/C=C/O[C@@H]1CCCC[C@H]1c1ccccc1)=C\O[C@@H]1CCCC[C@H]1c1ccccc1. The zero-order valence-electron chi connectivity index (χ0n) is 17.9. The molecule has 2 nitrogen and oxygen atoms in total. The minimum absolute atomic E-state index is 0.271. The van der Waals surface area contributed by atoms with Crippen molar-refractivity contribution in [2.45, 2.75) is 75.4 Å². The molecule has 2 fully saturated rings. The Hall–Kier alpha value is -2.48. The maximum absolute atomic E-state index is 6.15. The molecule has 0 spiro atoms. The van der Waals surface area contributed by atoms with Crippen molar-refractivity contribution in [1.29, 1.82) is 0 Å². The highest BCUT2D eigenvalue weighted by Crippen LogP contribution is 2.36. The van der Waals surface area contributed by atoms with Crippen LogP contribution in [0.4, 0.5) is 0 Å². The van der Waals surface area contributed by atoms with Crippen LogP contribution in [0.15, 0.2) is 85.3 Å². The van der Waals surface area contributed by atoms with E-state index in [1.54, 1.807) is 0 Å². The van der Waals surface area contributed by atoms with Gasteiger partial charge in [0.1, 0.15) is 12.2 Å². The molecule has 0 heterocycles. The van der Waals surface area contributed by atoms with Gasteiger partial charge in [0.25, 0.3) is 0 Å². The van der Waals surface area contributed by atoms with E-state index in [4.69, 9.17) is 9.47 Å². The van der Waals surface area contributed by atoms with Gasteiger partial charge < -0.3 is 9.47 Å². The molecular formula is C28H34O2. The average Bonchev–Trinajstić information content (AvgIpc) is 2.83. The third-order valence-electron chi connectivity index (χ3n) is 6.64. The lowest BCUT2D eigenvalue weighted by molar-refractivity contribution is 0.0827. The van der Waals surface area contributed by atoms with Crippen LogP contribution in [0.2, 0.25) is 0 Å². The zero-order valence-corrected chi connectivity index (χ0v) is 17.9. The Labute approximate surface area is 181 Å². The van der Waals surface area contributed by atoms with E-state index in [1.807, 2.05) is 24.7 Å². The molecule has 0 unspecified atom stereocenters. The molecule has 30 heavy (non-hydrogen) atoms. The fourth-order valence-electron chi connectivity index (χ4n) is 5.07. The molecule has 2 aliphatic carbocycles. The van der Waals surface area contributed by atoms with Gasteiger partial charge in [-0.25, -0.2) is 0 Å². The van der Waals surface area contributed by atoms with Crippen molar-refractivity contribution in [3.63, 3.8) is 0 Å². The minimum Gasteiger partial charge on any atom is -0.497 e. The molecule has 2 aromatic carbocycles. The Morgan fingerprint density at radius 2 is 0.933 bits per heavy atom. The van der Waals surface area contributed by atoms with Crippen LogP contribution in [0.3, 0.4) is 0 Å². The van der Waals surface area contributed by atoms with E-state index in [9.17, 15) is 0 Å². The zero-order chi connectivity index (χ0) is 20.4. The van der Waals surface area contributed by atoms with E-state index in [1.165, 1.54) is 49.7 Å². The lowest BCUT2D eigenvalue weighted by Gasteiger charge is -2.31. The molecule has 0 radical (unpaired) electrons. The van der Waals surface area contributed by atoms with Gasteiger partial charge in [-0.15, -0.1) is 0 Å². The molecule has 0 N–H and O–H groups in total. The maximum atomic E-state index is 6.15. The molecule has 2 aromatic rings. The number of hydrogen-bond acceptors (Lipinski definition) is 2. The summed E-state index contributed by atoms with van der Waals surface area (Å²) in [6.45, 7) is 0. The highest BCUT2D eigenvalue weighted by atomic mass is 16.5. The van der Waals surface area contributed by atoms with Gasteiger partial charge >= 0.3 is 0 Å². The monoisotopic (exact) mass is 402 g/mol. The lowest BCUT2D eigenvalue weighted by Crippen LogP contribution is -2.24. The molecule has 4 rings (SSSR count). The second-order valence-electron chi connectivity index (χ2n) is 8.61. The Morgan fingerprint density at radius 1 is 0.533 bits per heavy atom.